The lowest BCUT2D eigenvalue weighted by molar-refractivity contribution is 0.267. The van der Waals surface area contributed by atoms with E-state index in [0.717, 1.165) is 13.1 Å². The number of hydrogen-bond donors (Lipinski definition) is 1. The predicted octanol–water partition coefficient (Wildman–Crippen LogP) is 3.90. The van der Waals surface area contributed by atoms with Gasteiger partial charge >= 0.3 is 0 Å². The Morgan fingerprint density at radius 1 is 1.00 bits per heavy atom. The van der Waals surface area contributed by atoms with E-state index in [1.807, 2.05) is 0 Å². The van der Waals surface area contributed by atoms with Crippen LogP contribution in [0.4, 0.5) is 0 Å². The first-order valence-corrected chi connectivity index (χ1v) is 8.53. The summed E-state index contributed by atoms with van der Waals surface area (Å²) in [6.45, 7) is 11.1. The van der Waals surface area contributed by atoms with Gasteiger partial charge in [0, 0.05) is 19.0 Å². The van der Waals surface area contributed by atoms with Crippen LogP contribution < -0.4 is 5.73 Å². The quantitative estimate of drug-likeness (QED) is 0.910. The standard InChI is InChI=1S/C19H32N2/c1-19(2,3)18-10-8-16(9-11-18)17(14-20)15-21-12-6-4-5-7-13-21/h8-11,17H,4-7,12-15,20H2,1-3H3. The molecule has 0 amide bonds. The van der Waals surface area contributed by atoms with Gasteiger partial charge in [-0.2, -0.15) is 0 Å². The van der Waals surface area contributed by atoms with E-state index in [1.54, 1.807) is 0 Å². The van der Waals surface area contributed by atoms with Crippen LogP contribution >= 0.6 is 0 Å². The van der Waals surface area contributed by atoms with Crippen molar-refractivity contribution < 1.29 is 0 Å². The third kappa shape index (κ3) is 4.82. The summed E-state index contributed by atoms with van der Waals surface area (Å²) < 4.78 is 0. The van der Waals surface area contributed by atoms with Gasteiger partial charge in [-0.15, -0.1) is 0 Å². The lowest BCUT2D eigenvalue weighted by Crippen LogP contribution is -2.32. The molecule has 1 aromatic rings. The first kappa shape index (κ1) is 16.5. The molecule has 2 heteroatoms. The summed E-state index contributed by atoms with van der Waals surface area (Å²) >= 11 is 0. The number of likely N-dealkylation sites (tertiary alicyclic amines) is 1. The summed E-state index contributed by atoms with van der Waals surface area (Å²) in [5.74, 6) is 0.470. The van der Waals surface area contributed by atoms with E-state index in [0.29, 0.717) is 5.92 Å². The minimum absolute atomic E-state index is 0.224. The van der Waals surface area contributed by atoms with Crippen molar-refractivity contribution in [2.45, 2.75) is 57.8 Å². The number of nitrogens with two attached hydrogens (primary N) is 1. The summed E-state index contributed by atoms with van der Waals surface area (Å²) in [6, 6.07) is 9.13. The van der Waals surface area contributed by atoms with E-state index in [-0.39, 0.29) is 5.41 Å². The fourth-order valence-corrected chi connectivity index (χ4v) is 3.20. The third-order valence-electron chi connectivity index (χ3n) is 4.71. The summed E-state index contributed by atoms with van der Waals surface area (Å²) in [5, 5.41) is 0. The molecule has 1 atom stereocenters. The molecule has 1 unspecified atom stereocenters. The Bertz CT molecular complexity index is 408. The van der Waals surface area contributed by atoms with Crippen LogP contribution in [0, 0.1) is 0 Å². The molecule has 2 N–H and O–H groups in total. The van der Waals surface area contributed by atoms with Crippen molar-refractivity contribution in [2.24, 2.45) is 5.73 Å². The van der Waals surface area contributed by atoms with Gasteiger partial charge in [0.1, 0.15) is 0 Å². The van der Waals surface area contributed by atoms with Crippen LogP contribution in [0.3, 0.4) is 0 Å². The highest BCUT2D eigenvalue weighted by atomic mass is 15.1. The first-order chi connectivity index (χ1) is 10.0. The van der Waals surface area contributed by atoms with Gasteiger partial charge in [0.15, 0.2) is 0 Å². The smallest absolute Gasteiger partial charge is 0.00888 e. The van der Waals surface area contributed by atoms with Gasteiger partial charge in [0.2, 0.25) is 0 Å². The molecular formula is C19H32N2. The number of benzene rings is 1. The highest BCUT2D eigenvalue weighted by molar-refractivity contribution is 5.29. The molecule has 1 fully saturated rings. The number of hydrogen-bond acceptors (Lipinski definition) is 2. The van der Waals surface area contributed by atoms with Gasteiger partial charge in [0.05, 0.1) is 0 Å². The summed E-state index contributed by atoms with van der Waals surface area (Å²) in [7, 11) is 0. The van der Waals surface area contributed by atoms with Gasteiger partial charge in [-0.25, -0.2) is 0 Å². The Morgan fingerprint density at radius 2 is 1.57 bits per heavy atom. The molecule has 0 saturated carbocycles. The maximum atomic E-state index is 6.06. The van der Waals surface area contributed by atoms with Gasteiger partial charge in [-0.3, -0.25) is 0 Å². The zero-order valence-corrected chi connectivity index (χ0v) is 14.1. The molecule has 1 aliphatic rings. The molecule has 1 saturated heterocycles. The molecular weight excluding hydrogens is 256 g/mol. The molecule has 0 aromatic heterocycles. The number of nitrogens with zero attached hydrogens (tertiary/aromatic N) is 1. The second-order valence-electron chi connectivity index (χ2n) is 7.52. The summed E-state index contributed by atoms with van der Waals surface area (Å²) in [5.41, 5.74) is 9.08. The minimum atomic E-state index is 0.224. The minimum Gasteiger partial charge on any atom is -0.330 e. The van der Waals surface area contributed by atoms with Crippen molar-refractivity contribution in [3.8, 4) is 0 Å². The largest absolute Gasteiger partial charge is 0.330 e. The van der Waals surface area contributed by atoms with Gasteiger partial charge in [-0.05, 0) is 42.5 Å². The van der Waals surface area contributed by atoms with Gasteiger partial charge in [0.25, 0.3) is 0 Å². The van der Waals surface area contributed by atoms with Crippen molar-refractivity contribution >= 4 is 0 Å². The molecule has 0 spiro atoms. The monoisotopic (exact) mass is 288 g/mol. The van der Waals surface area contributed by atoms with Crippen LogP contribution in [0.5, 0.6) is 0 Å². The van der Waals surface area contributed by atoms with E-state index in [9.17, 15) is 0 Å². The highest BCUT2D eigenvalue weighted by Gasteiger charge is 2.18. The first-order valence-electron chi connectivity index (χ1n) is 8.53. The predicted molar refractivity (Wildman–Crippen MR) is 91.8 cm³/mol. The zero-order chi connectivity index (χ0) is 15.3. The maximum absolute atomic E-state index is 6.06. The van der Waals surface area contributed by atoms with Crippen LogP contribution in [0.15, 0.2) is 24.3 Å². The fourth-order valence-electron chi connectivity index (χ4n) is 3.20. The molecule has 1 aromatic carbocycles. The SMILES string of the molecule is CC(C)(C)c1ccc(C(CN)CN2CCCCCC2)cc1. The Balaban J connectivity index is 2.03. The maximum Gasteiger partial charge on any atom is 0.00888 e. The van der Waals surface area contributed by atoms with Crippen LogP contribution in [0.1, 0.15) is 63.5 Å². The van der Waals surface area contributed by atoms with Crippen molar-refractivity contribution in [1.29, 1.82) is 0 Å². The second-order valence-corrected chi connectivity index (χ2v) is 7.52. The highest BCUT2D eigenvalue weighted by Crippen LogP contribution is 2.25. The Labute approximate surface area is 130 Å². The normalized spacial score (nSPS) is 19.2. The average molecular weight is 288 g/mol. The zero-order valence-electron chi connectivity index (χ0n) is 14.1. The van der Waals surface area contributed by atoms with E-state index in [2.05, 4.69) is 49.9 Å². The lowest BCUT2D eigenvalue weighted by Gasteiger charge is -2.26. The topological polar surface area (TPSA) is 29.3 Å². The van der Waals surface area contributed by atoms with E-state index in [1.165, 1.54) is 49.9 Å². The van der Waals surface area contributed by atoms with Crippen molar-refractivity contribution in [3.05, 3.63) is 35.4 Å². The van der Waals surface area contributed by atoms with Crippen LogP contribution in [0.25, 0.3) is 0 Å². The summed E-state index contributed by atoms with van der Waals surface area (Å²) in [4.78, 5) is 2.61. The van der Waals surface area contributed by atoms with E-state index >= 15 is 0 Å². The van der Waals surface area contributed by atoms with Crippen molar-refractivity contribution in [3.63, 3.8) is 0 Å². The van der Waals surface area contributed by atoms with Crippen LogP contribution in [-0.2, 0) is 5.41 Å². The molecule has 1 aliphatic heterocycles. The van der Waals surface area contributed by atoms with Crippen molar-refractivity contribution in [1.82, 2.24) is 4.90 Å². The molecule has 0 aliphatic carbocycles. The molecule has 0 bridgehead atoms. The second kappa shape index (κ2) is 7.42. The van der Waals surface area contributed by atoms with Gasteiger partial charge in [-0.1, -0.05) is 57.9 Å². The van der Waals surface area contributed by atoms with E-state index < -0.39 is 0 Å². The third-order valence-corrected chi connectivity index (χ3v) is 4.71. The molecule has 0 radical (unpaired) electrons. The van der Waals surface area contributed by atoms with Crippen LogP contribution in [0.2, 0.25) is 0 Å². The van der Waals surface area contributed by atoms with Crippen LogP contribution in [-0.4, -0.2) is 31.1 Å². The van der Waals surface area contributed by atoms with E-state index in [4.69, 9.17) is 5.73 Å². The van der Waals surface area contributed by atoms with Gasteiger partial charge < -0.3 is 10.6 Å². The molecule has 2 nitrogen and oxygen atoms in total. The summed E-state index contributed by atoms with van der Waals surface area (Å²) in [6.07, 6.45) is 5.48. The number of rotatable bonds is 4. The fraction of sp³-hybridized carbons (Fsp3) is 0.684. The average Bonchev–Trinajstić information content (AvgIpc) is 2.72. The lowest BCUT2D eigenvalue weighted by atomic mass is 9.85. The molecule has 118 valence electrons. The Hall–Kier alpha value is -0.860. The Kier molecular flexibility index (Phi) is 5.83. The molecule has 2 rings (SSSR count). The van der Waals surface area contributed by atoms with Crippen molar-refractivity contribution in [2.75, 3.05) is 26.2 Å². The molecule has 1 heterocycles. The Morgan fingerprint density at radius 3 is 2.05 bits per heavy atom. The molecule has 21 heavy (non-hydrogen) atoms.